The molecule has 0 fully saturated rings. The van der Waals surface area contributed by atoms with E-state index in [-0.39, 0.29) is 6.61 Å². The Kier molecular flexibility index (Phi) is 8.31. The lowest BCUT2D eigenvalue weighted by atomic mass is 10.1. The van der Waals surface area contributed by atoms with Gasteiger partial charge in [0.15, 0.2) is 6.61 Å². The van der Waals surface area contributed by atoms with Gasteiger partial charge < -0.3 is 10.1 Å². The first kappa shape index (κ1) is 24.7. The Morgan fingerprint density at radius 3 is 2.43 bits per heavy atom. The highest BCUT2D eigenvalue weighted by atomic mass is 35.5. The van der Waals surface area contributed by atoms with Crippen LogP contribution in [0.1, 0.15) is 5.56 Å². The van der Waals surface area contributed by atoms with Crippen molar-refractivity contribution in [3.05, 3.63) is 94.5 Å². The lowest BCUT2D eigenvalue weighted by Crippen LogP contribution is -2.46. The third-order valence-electron chi connectivity index (χ3n) is 4.84. The Hall–Kier alpha value is -3.46. The summed E-state index contributed by atoms with van der Waals surface area (Å²) in [5, 5.41) is 15.8. The Balaban J connectivity index is 1.43. The van der Waals surface area contributed by atoms with Crippen LogP contribution in [0.5, 0.6) is 5.75 Å². The standard InChI is InChI=1S/C25H20Cl2N4O3S/c26-18-9-11-20(12-10-18)34-15-22(32)28-21(13-16-5-2-1-3-6-16)23(33)29-25-31-30-24(35-25)17-7-4-8-19(27)14-17/h1-12,14,21H,13,15H2,(H,28,32)(H,29,31,33)/t21-/m0/s1. The Morgan fingerprint density at radius 2 is 1.69 bits per heavy atom. The Labute approximate surface area is 216 Å². The number of carbonyl (C=O) groups excluding carboxylic acids is 2. The molecule has 0 aliphatic carbocycles. The summed E-state index contributed by atoms with van der Waals surface area (Å²) in [6, 6.07) is 22.4. The summed E-state index contributed by atoms with van der Waals surface area (Å²) in [6.07, 6.45) is 0.291. The van der Waals surface area contributed by atoms with Gasteiger partial charge in [0.2, 0.25) is 11.0 Å². The summed E-state index contributed by atoms with van der Waals surface area (Å²) in [5.74, 6) is -0.355. The molecular weight excluding hydrogens is 507 g/mol. The minimum atomic E-state index is -0.850. The van der Waals surface area contributed by atoms with Crippen molar-refractivity contribution in [2.45, 2.75) is 12.5 Å². The highest BCUT2D eigenvalue weighted by Crippen LogP contribution is 2.28. The van der Waals surface area contributed by atoms with Crippen molar-refractivity contribution in [3.63, 3.8) is 0 Å². The zero-order valence-corrected chi connectivity index (χ0v) is 20.6. The predicted molar refractivity (Wildman–Crippen MR) is 138 cm³/mol. The van der Waals surface area contributed by atoms with Crippen LogP contribution in [-0.2, 0) is 16.0 Å². The molecule has 1 atom stereocenters. The zero-order chi connectivity index (χ0) is 24.6. The van der Waals surface area contributed by atoms with Gasteiger partial charge in [0.1, 0.15) is 16.8 Å². The molecule has 35 heavy (non-hydrogen) atoms. The van der Waals surface area contributed by atoms with E-state index in [1.807, 2.05) is 42.5 Å². The molecule has 2 amide bonds. The molecule has 4 aromatic rings. The van der Waals surface area contributed by atoms with Crippen LogP contribution in [0.3, 0.4) is 0 Å². The van der Waals surface area contributed by atoms with E-state index in [0.29, 0.717) is 32.4 Å². The second kappa shape index (κ2) is 11.8. The number of benzene rings is 3. The van der Waals surface area contributed by atoms with Gasteiger partial charge in [0.25, 0.3) is 5.91 Å². The number of hydrogen-bond donors (Lipinski definition) is 2. The first-order valence-electron chi connectivity index (χ1n) is 10.6. The molecule has 0 spiro atoms. The van der Waals surface area contributed by atoms with Crippen LogP contribution in [0.4, 0.5) is 5.13 Å². The Morgan fingerprint density at radius 1 is 0.914 bits per heavy atom. The lowest BCUT2D eigenvalue weighted by Gasteiger charge is -2.18. The zero-order valence-electron chi connectivity index (χ0n) is 18.3. The first-order valence-corrected chi connectivity index (χ1v) is 12.2. The van der Waals surface area contributed by atoms with Gasteiger partial charge in [-0.3, -0.25) is 14.9 Å². The summed E-state index contributed by atoms with van der Waals surface area (Å²) in [4.78, 5) is 25.7. The van der Waals surface area contributed by atoms with E-state index < -0.39 is 17.9 Å². The summed E-state index contributed by atoms with van der Waals surface area (Å²) >= 11 is 13.1. The highest BCUT2D eigenvalue weighted by Gasteiger charge is 2.23. The van der Waals surface area contributed by atoms with E-state index in [9.17, 15) is 9.59 Å². The van der Waals surface area contributed by atoms with Gasteiger partial charge in [-0.05, 0) is 42.0 Å². The number of nitrogens with zero attached hydrogens (tertiary/aromatic N) is 2. The number of ether oxygens (including phenoxy) is 1. The second-order valence-electron chi connectivity index (χ2n) is 7.46. The topological polar surface area (TPSA) is 93.2 Å². The second-order valence-corrected chi connectivity index (χ2v) is 9.31. The van der Waals surface area contributed by atoms with Crippen molar-refractivity contribution in [1.82, 2.24) is 15.5 Å². The molecule has 0 saturated carbocycles. The summed E-state index contributed by atoms with van der Waals surface area (Å²) in [5.41, 5.74) is 1.69. The van der Waals surface area contributed by atoms with Crippen LogP contribution in [0.25, 0.3) is 10.6 Å². The maximum Gasteiger partial charge on any atom is 0.258 e. The molecule has 10 heteroatoms. The van der Waals surface area contributed by atoms with Crippen LogP contribution in [0.15, 0.2) is 78.9 Å². The summed E-state index contributed by atoms with van der Waals surface area (Å²) in [7, 11) is 0. The predicted octanol–water partition coefficient (Wildman–Crippen LogP) is 5.26. The molecule has 0 aliphatic heterocycles. The van der Waals surface area contributed by atoms with E-state index in [4.69, 9.17) is 27.9 Å². The number of nitrogens with one attached hydrogen (secondary N) is 2. The number of anilines is 1. The molecule has 0 aliphatic rings. The maximum absolute atomic E-state index is 13.1. The lowest BCUT2D eigenvalue weighted by molar-refractivity contribution is -0.127. The minimum absolute atomic E-state index is 0.252. The number of halogens is 2. The van der Waals surface area contributed by atoms with Crippen LogP contribution in [-0.4, -0.2) is 34.7 Å². The highest BCUT2D eigenvalue weighted by molar-refractivity contribution is 7.18. The molecular formula is C25H20Cl2N4O3S. The van der Waals surface area contributed by atoms with Crippen molar-refractivity contribution >= 4 is 51.5 Å². The fourth-order valence-electron chi connectivity index (χ4n) is 3.18. The van der Waals surface area contributed by atoms with Crippen LogP contribution in [0.2, 0.25) is 10.0 Å². The molecule has 7 nitrogen and oxygen atoms in total. The molecule has 0 radical (unpaired) electrons. The van der Waals surface area contributed by atoms with Crippen LogP contribution in [0, 0.1) is 0 Å². The van der Waals surface area contributed by atoms with Crippen LogP contribution < -0.4 is 15.4 Å². The molecule has 3 aromatic carbocycles. The third kappa shape index (κ3) is 7.26. The number of hydrogen-bond acceptors (Lipinski definition) is 6. The number of rotatable bonds is 9. The fraction of sp³-hybridized carbons (Fsp3) is 0.120. The number of carbonyl (C=O) groups is 2. The van der Waals surface area contributed by atoms with Crippen molar-refractivity contribution in [1.29, 1.82) is 0 Å². The monoisotopic (exact) mass is 526 g/mol. The first-order chi connectivity index (χ1) is 17.0. The summed E-state index contributed by atoms with van der Waals surface area (Å²) < 4.78 is 5.50. The molecule has 0 bridgehead atoms. The van der Waals surface area contributed by atoms with E-state index in [1.165, 1.54) is 11.3 Å². The van der Waals surface area contributed by atoms with Crippen molar-refractivity contribution in [2.24, 2.45) is 0 Å². The van der Waals surface area contributed by atoms with E-state index in [2.05, 4.69) is 20.8 Å². The van der Waals surface area contributed by atoms with Gasteiger partial charge in [-0.25, -0.2) is 0 Å². The average molecular weight is 527 g/mol. The Bertz CT molecular complexity index is 1300. The fourth-order valence-corrected chi connectivity index (χ4v) is 4.24. The molecule has 178 valence electrons. The minimum Gasteiger partial charge on any atom is -0.484 e. The van der Waals surface area contributed by atoms with Gasteiger partial charge in [0.05, 0.1) is 0 Å². The quantitative estimate of drug-likeness (QED) is 0.310. The third-order valence-corrected chi connectivity index (χ3v) is 6.22. The molecule has 4 rings (SSSR count). The van der Waals surface area contributed by atoms with E-state index in [1.54, 1.807) is 36.4 Å². The van der Waals surface area contributed by atoms with Crippen LogP contribution >= 0.6 is 34.5 Å². The van der Waals surface area contributed by atoms with Crippen molar-refractivity contribution < 1.29 is 14.3 Å². The molecule has 2 N–H and O–H groups in total. The summed E-state index contributed by atoms with van der Waals surface area (Å²) in [6.45, 7) is -0.252. The molecule has 0 saturated heterocycles. The molecule has 1 aromatic heterocycles. The largest absolute Gasteiger partial charge is 0.484 e. The van der Waals surface area contributed by atoms with Crippen molar-refractivity contribution in [2.75, 3.05) is 11.9 Å². The van der Waals surface area contributed by atoms with Gasteiger partial charge in [-0.15, -0.1) is 10.2 Å². The van der Waals surface area contributed by atoms with Crippen molar-refractivity contribution in [3.8, 4) is 16.3 Å². The van der Waals surface area contributed by atoms with Gasteiger partial charge in [-0.2, -0.15) is 0 Å². The van der Waals surface area contributed by atoms with E-state index >= 15 is 0 Å². The SMILES string of the molecule is O=C(COc1ccc(Cl)cc1)N[C@@H](Cc1ccccc1)C(=O)Nc1nnc(-c2cccc(Cl)c2)s1. The smallest absolute Gasteiger partial charge is 0.258 e. The average Bonchev–Trinajstić information content (AvgIpc) is 3.32. The normalized spacial score (nSPS) is 11.5. The molecule has 1 heterocycles. The van der Waals surface area contributed by atoms with Gasteiger partial charge in [0, 0.05) is 22.0 Å². The maximum atomic E-state index is 13.1. The number of amides is 2. The molecule has 0 unspecified atom stereocenters. The van der Waals surface area contributed by atoms with Gasteiger partial charge in [-0.1, -0.05) is 77.0 Å². The van der Waals surface area contributed by atoms with Gasteiger partial charge >= 0.3 is 0 Å². The number of aromatic nitrogens is 2. The van der Waals surface area contributed by atoms with E-state index in [0.717, 1.165) is 11.1 Å².